The lowest BCUT2D eigenvalue weighted by Gasteiger charge is -2.17. The van der Waals surface area contributed by atoms with Gasteiger partial charge >= 0.3 is 5.97 Å². The van der Waals surface area contributed by atoms with Gasteiger partial charge in [0.1, 0.15) is 5.82 Å². The molecule has 1 saturated heterocycles. The van der Waals surface area contributed by atoms with E-state index in [1.54, 1.807) is 17.0 Å². The van der Waals surface area contributed by atoms with Crippen LogP contribution in [-0.4, -0.2) is 44.8 Å². The predicted molar refractivity (Wildman–Crippen MR) is 97.8 cm³/mol. The van der Waals surface area contributed by atoms with Crippen molar-refractivity contribution in [1.82, 2.24) is 14.7 Å². The number of carboxylic acid groups (broad SMARTS) is 1. The Morgan fingerprint density at radius 3 is 2.67 bits per heavy atom. The number of halogens is 1. The topological polar surface area (TPSA) is 75.4 Å². The van der Waals surface area contributed by atoms with E-state index < -0.39 is 23.6 Å². The van der Waals surface area contributed by atoms with Gasteiger partial charge in [-0.2, -0.15) is 5.10 Å². The predicted octanol–water partition coefficient (Wildman–Crippen LogP) is 2.75. The second-order valence-corrected chi connectivity index (χ2v) is 7.16. The number of aryl methyl sites for hydroxylation is 3. The summed E-state index contributed by atoms with van der Waals surface area (Å²) in [6, 6.07) is 7.97. The van der Waals surface area contributed by atoms with E-state index in [0.717, 1.165) is 11.4 Å². The van der Waals surface area contributed by atoms with Gasteiger partial charge < -0.3 is 10.0 Å². The smallest absolute Gasteiger partial charge is 0.308 e. The normalized spacial score (nSPS) is 19.4. The summed E-state index contributed by atoms with van der Waals surface area (Å²) < 4.78 is 15.4. The number of carbonyl (C=O) groups is 2. The maximum atomic E-state index is 13.5. The SMILES string of the molecule is Cc1cc(C)n(CCCC(=O)N2CC(C(=O)O)C(c3cccc(F)c3)C2)n1. The average Bonchev–Trinajstić information content (AvgIpc) is 3.18. The number of carboxylic acids is 1. The molecule has 144 valence electrons. The lowest BCUT2D eigenvalue weighted by molar-refractivity contribution is -0.141. The minimum Gasteiger partial charge on any atom is -0.481 e. The van der Waals surface area contributed by atoms with Gasteiger partial charge in [0.15, 0.2) is 0 Å². The van der Waals surface area contributed by atoms with Crippen LogP contribution in [0.4, 0.5) is 4.39 Å². The number of nitrogens with zero attached hydrogens (tertiary/aromatic N) is 3. The molecule has 2 aromatic rings. The number of hydrogen-bond acceptors (Lipinski definition) is 3. The van der Waals surface area contributed by atoms with Gasteiger partial charge in [-0.25, -0.2) is 4.39 Å². The Hall–Kier alpha value is -2.70. The van der Waals surface area contributed by atoms with Crippen LogP contribution >= 0.6 is 0 Å². The lowest BCUT2D eigenvalue weighted by atomic mass is 9.89. The first-order valence-corrected chi connectivity index (χ1v) is 9.12. The van der Waals surface area contributed by atoms with Crippen molar-refractivity contribution in [1.29, 1.82) is 0 Å². The van der Waals surface area contributed by atoms with E-state index in [9.17, 15) is 19.1 Å². The Morgan fingerprint density at radius 1 is 1.26 bits per heavy atom. The Morgan fingerprint density at radius 2 is 2.04 bits per heavy atom. The summed E-state index contributed by atoms with van der Waals surface area (Å²) >= 11 is 0. The van der Waals surface area contributed by atoms with Gasteiger partial charge in [0.25, 0.3) is 0 Å². The van der Waals surface area contributed by atoms with Gasteiger partial charge in [0.05, 0.1) is 11.6 Å². The molecule has 1 fully saturated rings. The number of rotatable bonds is 6. The van der Waals surface area contributed by atoms with E-state index in [0.29, 0.717) is 31.5 Å². The van der Waals surface area contributed by atoms with Crippen LogP contribution in [0.5, 0.6) is 0 Å². The fourth-order valence-electron chi connectivity index (χ4n) is 3.77. The number of aliphatic carboxylic acids is 1. The molecule has 2 heterocycles. The van der Waals surface area contributed by atoms with Gasteiger partial charge in [-0.1, -0.05) is 12.1 Å². The molecule has 0 spiro atoms. The number of hydrogen-bond donors (Lipinski definition) is 1. The van der Waals surface area contributed by atoms with Gasteiger partial charge in [0, 0.05) is 37.7 Å². The molecule has 1 aliphatic rings. The molecule has 1 aromatic heterocycles. The molecule has 27 heavy (non-hydrogen) atoms. The van der Waals surface area contributed by atoms with Gasteiger partial charge in [-0.3, -0.25) is 14.3 Å². The highest BCUT2D eigenvalue weighted by Gasteiger charge is 2.40. The average molecular weight is 373 g/mol. The summed E-state index contributed by atoms with van der Waals surface area (Å²) in [7, 11) is 0. The second-order valence-electron chi connectivity index (χ2n) is 7.16. The Bertz CT molecular complexity index is 849. The van der Waals surface area contributed by atoms with Crippen molar-refractivity contribution in [2.45, 2.75) is 39.2 Å². The first-order chi connectivity index (χ1) is 12.8. The third-order valence-electron chi connectivity index (χ3n) is 5.13. The fourth-order valence-corrected chi connectivity index (χ4v) is 3.77. The number of benzene rings is 1. The molecule has 1 aliphatic heterocycles. The highest BCUT2D eigenvalue weighted by molar-refractivity contribution is 5.79. The summed E-state index contributed by atoms with van der Waals surface area (Å²) in [4.78, 5) is 25.8. The zero-order valence-electron chi connectivity index (χ0n) is 15.6. The molecular weight excluding hydrogens is 349 g/mol. The Labute approximate surface area is 157 Å². The lowest BCUT2D eigenvalue weighted by Crippen LogP contribution is -2.29. The molecule has 0 saturated carbocycles. The van der Waals surface area contributed by atoms with Crippen molar-refractivity contribution in [3.8, 4) is 0 Å². The first-order valence-electron chi connectivity index (χ1n) is 9.12. The quantitative estimate of drug-likeness (QED) is 0.845. The van der Waals surface area contributed by atoms with Crippen molar-refractivity contribution in [2.75, 3.05) is 13.1 Å². The zero-order valence-corrected chi connectivity index (χ0v) is 15.6. The molecule has 0 aliphatic carbocycles. The van der Waals surface area contributed by atoms with Crippen LogP contribution < -0.4 is 0 Å². The second kappa shape index (κ2) is 7.90. The van der Waals surface area contributed by atoms with Crippen LogP contribution in [0.2, 0.25) is 0 Å². The molecule has 2 unspecified atom stereocenters. The molecule has 1 N–H and O–H groups in total. The van der Waals surface area contributed by atoms with Crippen LogP contribution in [-0.2, 0) is 16.1 Å². The molecule has 6 nitrogen and oxygen atoms in total. The van der Waals surface area contributed by atoms with Crippen LogP contribution in [0.1, 0.15) is 35.7 Å². The molecule has 1 aromatic carbocycles. The van der Waals surface area contributed by atoms with Gasteiger partial charge in [-0.05, 0) is 44.0 Å². The van der Waals surface area contributed by atoms with E-state index in [1.165, 1.54) is 12.1 Å². The molecule has 0 radical (unpaired) electrons. The maximum absolute atomic E-state index is 13.5. The summed E-state index contributed by atoms with van der Waals surface area (Å²) in [5.74, 6) is -2.53. The number of likely N-dealkylation sites (tertiary alicyclic amines) is 1. The van der Waals surface area contributed by atoms with Gasteiger partial charge in [0.2, 0.25) is 5.91 Å². The standard InChI is InChI=1S/C20H24FN3O3/c1-13-9-14(2)24(22-13)8-4-7-19(25)23-11-17(18(12-23)20(26)27)15-5-3-6-16(21)10-15/h3,5-6,9-10,17-18H,4,7-8,11-12H2,1-2H3,(H,26,27). The number of aromatic nitrogens is 2. The highest BCUT2D eigenvalue weighted by Crippen LogP contribution is 2.33. The highest BCUT2D eigenvalue weighted by atomic mass is 19.1. The molecule has 0 bridgehead atoms. The Balaban J connectivity index is 1.62. The minimum absolute atomic E-state index is 0.0679. The largest absolute Gasteiger partial charge is 0.481 e. The van der Waals surface area contributed by atoms with Crippen LogP contribution in [0, 0.1) is 25.6 Å². The third-order valence-corrected chi connectivity index (χ3v) is 5.13. The van der Waals surface area contributed by atoms with Crippen molar-refractivity contribution in [3.63, 3.8) is 0 Å². The molecule has 3 rings (SSSR count). The van der Waals surface area contributed by atoms with Crippen molar-refractivity contribution in [3.05, 3.63) is 53.1 Å². The van der Waals surface area contributed by atoms with Crippen molar-refractivity contribution >= 4 is 11.9 Å². The van der Waals surface area contributed by atoms with Crippen LogP contribution in [0.15, 0.2) is 30.3 Å². The monoisotopic (exact) mass is 373 g/mol. The third kappa shape index (κ3) is 4.35. The fraction of sp³-hybridized carbons (Fsp3) is 0.450. The minimum atomic E-state index is -0.956. The van der Waals surface area contributed by atoms with E-state index >= 15 is 0 Å². The zero-order chi connectivity index (χ0) is 19.6. The summed E-state index contributed by atoms with van der Waals surface area (Å²) in [5.41, 5.74) is 2.62. The number of carbonyl (C=O) groups excluding carboxylic acids is 1. The Kier molecular flexibility index (Phi) is 5.58. The van der Waals surface area contributed by atoms with Crippen LogP contribution in [0.25, 0.3) is 0 Å². The maximum Gasteiger partial charge on any atom is 0.308 e. The van der Waals surface area contributed by atoms with Gasteiger partial charge in [-0.15, -0.1) is 0 Å². The van der Waals surface area contributed by atoms with Crippen molar-refractivity contribution < 1.29 is 19.1 Å². The molecule has 1 amide bonds. The molecule has 2 atom stereocenters. The first kappa shape index (κ1) is 19.1. The summed E-state index contributed by atoms with van der Waals surface area (Å²) in [6.07, 6.45) is 0.972. The van der Waals surface area contributed by atoms with E-state index in [-0.39, 0.29) is 12.5 Å². The van der Waals surface area contributed by atoms with Crippen molar-refractivity contribution in [2.24, 2.45) is 5.92 Å². The summed E-state index contributed by atoms with van der Waals surface area (Å²) in [6.45, 7) is 5.02. The van der Waals surface area contributed by atoms with E-state index in [4.69, 9.17) is 0 Å². The van der Waals surface area contributed by atoms with E-state index in [1.807, 2.05) is 24.6 Å². The molecule has 7 heteroatoms. The number of amides is 1. The molecular formula is C20H24FN3O3. The van der Waals surface area contributed by atoms with E-state index in [2.05, 4.69) is 5.10 Å². The van der Waals surface area contributed by atoms with Crippen LogP contribution in [0.3, 0.4) is 0 Å². The summed E-state index contributed by atoms with van der Waals surface area (Å²) in [5, 5.41) is 13.9.